The van der Waals surface area contributed by atoms with Crippen molar-refractivity contribution in [2.45, 2.75) is 44.9 Å². The average Bonchev–Trinajstić information content (AvgIpc) is 2.34. The van der Waals surface area contributed by atoms with E-state index in [-0.39, 0.29) is 26.5 Å². The van der Waals surface area contributed by atoms with Crippen molar-refractivity contribution >= 4 is 17.3 Å². The Hall–Kier alpha value is -1.09. The van der Waals surface area contributed by atoms with Crippen LogP contribution in [-0.2, 0) is 10.8 Å². The molecule has 1 aliphatic carbocycles. The average molecular weight is 267 g/mol. The van der Waals surface area contributed by atoms with E-state index in [4.69, 9.17) is 11.6 Å². The third kappa shape index (κ3) is 1.72. The Kier molecular flexibility index (Phi) is 2.74. The van der Waals surface area contributed by atoms with E-state index in [0.717, 1.165) is 17.5 Å². The van der Waals surface area contributed by atoms with Crippen LogP contribution in [0.3, 0.4) is 0 Å². The standard InChI is InChI=1S/C14H17ClNO2/c1-8-6-9-10(12(11(8)15)16(17)18)14(4,5)7-13(9,2)3/h6H,1,7H2,2-5H3. The monoisotopic (exact) mass is 266 g/mol. The molecule has 0 heterocycles. The summed E-state index contributed by atoms with van der Waals surface area (Å²) in [5.41, 5.74) is 2.03. The summed E-state index contributed by atoms with van der Waals surface area (Å²) in [7, 11) is 0. The Labute approximate surface area is 112 Å². The lowest BCUT2D eigenvalue weighted by molar-refractivity contribution is -0.385. The Balaban J connectivity index is 2.90. The van der Waals surface area contributed by atoms with Crippen LogP contribution >= 0.6 is 11.6 Å². The zero-order chi connectivity index (χ0) is 13.9. The van der Waals surface area contributed by atoms with Gasteiger partial charge in [0.15, 0.2) is 0 Å². The molecule has 0 fully saturated rings. The van der Waals surface area contributed by atoms with Gasteiger partial charge in [-0.05, 0) is 35.3 Å². The second-order valence-electron chi connectivity index (χ2n) is 6.32. The van der Waals surface area contributed by atoms with E-state index in [2.05, 4.69) is 20.8 Å². The molecule has 0 aliphatic heterocycles. The van der Waals surface area contributed by atoms with E-state index in [0.29, 0.717) is 5.56 Å². The fourth-order valence-electron chi connectivity index (χ4n) is 3.38. The van der Waals surface area contributed by atoms with Gasteiger partial charge in [-0.3, -0.25) is 10.1 Å². The van der Waals surface area contributed by atoms with Crippen LogP contribution in [-0.4, -0.2) is 4.92 Å². The maximum absolute atomic E-state index is 11.3. The van der Waals surface area contributed by atoms with Gasteiger partial charge in [0, 0.05) is 5.56 Å². The Morgan fingerprint density at radius 3 is 2.39 bits per heavy atom. The van der Waals surface area contributed by atoms with Gasteiger partial charge in [-0.25, -0.2) is 0 Å². The smallest absolute Gasteiger partial charge is 0.258 e. The summed E-state index contributed by atoms with van der Waals surface area (Å²) in [5, 5.41) is 11.5. The summed E-state index contributed by atoms with van der Waals surface area (Å²) in [5.74, 6) is 0. The summed E-state index contributed by atoms with van der Waals surface area (Å²) < 4.78 is 0. The number of hydrogen-bond acceptors (Lipinski definition) is 2. The fourth-order valence-corrected chi connectivity index (χ4v) is 3.60. The predicted octanol–water partition coefficient (Wildman–Crippen LogP) is 4.39. The molecule has 0 atom stereocenters. The first-order chi connectivity index (χ1) is 8.08. The maximum atomic E-state index is 11.3. The largest absolute Gasteiger partial charge is 0.292 e. The molecule has 0 saturated carbocycles. The first-order valence-corrected chi connectivity index (χ1v) is 6.29. The number of nitrogens with zero attached hydrogens (tertiary/aromatic N) is 1. The van der Waals surface area contributed by atoms with Crippen molar-refractivity contribution in [3.8, 4) is 0 Å². The molecule has 0 unspecified atom stereocenters. The second-order valence-corrected chi connectivity index (χ2v) is 6.70. The molecular weight excluding hydrogens is 250 g/mol. The van der Waals surface area contributed by atoms with Gasteiger partial charge in [0.1, 0.15) is 5.02 Å². The van der Waals surface area contributed by atoms with Gasteiger partial charge in [-0.1, -0.05) is 45.4 Å². The molecule has 1 aromatic rings. The predicted molar refractivity (Wildman–Crippen MR) is 73.2 cm³/mol. The molecule has 0 saturated heterocycles. The van der Waals surface area contributed by atoms with E-state index < -0.39 is 0 Å². The lowest BCUT2D eigenvalue weighted by atomic mass is 9.81. The number of nitro benzene ring substituents is 1. The van der Waals surface area contributed by atoms with Crippen LogP contribution in [0.2, 0.25) is 5.02 Å². The number of hydrogen-bond donors (Lipinski definition) is 0. The Bertz CT molecular complexity index is 547. The Morgan fingerprint density at radius 2 is 1.89 bits per heavy atom. The molecule has 1 aliphatic rings. The minimum atomic E-state index is -0.376. The SMILES string of the molecule is [CH2]c1cc2c(c([N+](=O)[O-])c1Cl)C(C)(C)CC2(C)C. The van der Waals surface area contributed by atoms with Gasteiger partial charge in [0.25, 0.3) is 5.69 Å². The molecule has 0 spiro atoms. The minimum Gasteiger partial charge on any atom is -0.258 e. The van der Waals surface area contributed by atoms with Crippen molar-refractivity contribution in [3.63, 3.8) is 0 Å². The third-order valence-corrected chi connectivity index (χ3v) is 4.21. The molecule has 3 nitrogen and oxygen atoms in total. The van der Waals surface area contributed by atoms with Crippen molar-refractivity contribution in [1.29, 1.82) is 0 Å². The van der Waals surface area contributed by atoms with Gasteiger partial charge in [-0.2, -0.15) is 0 Å². The Morgan fingerprint density at radius 1 is 1.33 bits per heavy atom. The molecule has 1 aromatic carbocycles. The first kappa shape index (κ1) is 13.3. The van der Waals surface area contributed by atoms with Crippen molar-refractivity contribution in [2.75, 3.05) is 0 Å². The highest BCUT2D eigenvalue weighted by molar-refractivity contribution is 6.33. The number of fused-ring (bicyclic) bond motifs is 1. The van der Waals surface area contributed by atoms with Crippen LogP contribution in [0.5, 0.6) is 0 Å². The van der Waals surface area contributed by atoms with Gasteiger partial charge in [0.05, 0.1) is 4.92 Å². The lowest BCUT2D eigenvalue weighted by Gasteiger charge is -2.22. The molecule has 0 amide bonds. The highest BCUT2D eigenvalue weighted by Gasteiger charge is 2.47. The fraction of sp³-hybridized carbons (Fsp3) is 0.500. The molecule has 4 heteroatoms. The molecular formula is C14H17ClNO2. The van der Waals surface area contributed by atoms with Gasteiger partial charge < -0.3 is 0 Å². The first-order valence-electron chi connectivity index (χ1n) is 5.92. The number of benzene rings is 1. The van der Waals surface area contributed by atoms with Crippen LogP contribution in [0.15, 0.2) is 6.07 Å². The minimum absolute atomic E-state index is 0.0368. The van der Waals surface area contributed by atoms with E-state index in [9.17, 15) is 10.1 Å². The third-order valence-electron chi connectivity index (χ3n) is 3.79. The van der Waals surface area contributed by atoms with Gasteiger partial charge >= 0.3 is 0 Å². The highest BCUT2D eigenvalue weighted by Crippen LogP contribution is 2.54. The van der Waals surface area contributed by atoms with E-state index in [1.165, 1.54) is 0 Å². The van der Waals surface area contributed by atoms with E-state index >= 15 is 0 Å². The summed E-state index contributed by atoms with van der Waals surface area (Å²) in [6.07, 6.45) is 0.871. The van der Waals surface area contributed by atoms with Crippen molar-refractivity contribution in [2.24, 2.45) is 0 Å². The summed E-state index contributed by atoms with van der Waals surface area (Å²) in [6, 6.07) is 1.90. The second kappa shape index (κ2) is 3.70. The zero-order valence-electron chi connectivity index (χ0n) is 11.1. The number of halogens is 1. The maximum Gasteiger partial charge on any atom is 0.292 e. The molecule has 0 N–H and O–H groups in total. The van der Waals surface area contributed by atoms with Crippen LogP contribution < -0.4 is 0 Å². The van der Waals surface area contributed by atoms with E-state index in [1.54, 1.807) is 0 Å². The quantitative estimate of drug-likeness (QED) is 0.559. The van der Waals surface area contributed by atoms with Gasteiger partial charge in [0.2, 0.25) is 0 Å². The van der Waals surface area contributed by atoms with Crippen LogP contribution in [0.4, 0.5) is 5.69 Å². The highest BCUT2D eigenvalue weighted by atomic mass is 35.5. The van der Waals surface area contributed by atoms with Crippen molar-refractivity contribution in [1.82, 2.24) is 0 Å². The normalized spacial score (nSPS) is 19.7. The molecule has 18 heavy (non-hydrogen) atoms. The topological polar surface area (TPSA) is 43.1 Å². The van der Waals surface area contributed by atoms with Crippen molar-refractivity contribution < 1.29 is 4.92 Å². The lowest BCUT2D eigenvalue weighted by Crippen LogP contribution is -2.18. The van der Waals surface area contributed by atoms with Crippen LogP contribution in [0.1, 0.15) is 50.8 Å². The van der Waals surface area contributed by atoms with Crippen LogP contribution in [0, 0.1) is 17.0 Å². The van der Waals surface area contributed by atoms with E-state index in [1.807, 2.05) is 19.9 Å². The van der Waals surface area contributed by atoms with Gasteiger partial charge in [-0.15, -0.1) is 0 Å². The molecule has 0 bridgehead atoms. The summed E-state index contributed by atoms with van der Waals surface area (Å²) in [6.45, 7) is 12.1. The molecule has 2 rings (SSSR count). The molecule has 0 aromatic heterocycles. The summed E-state index contributed by atoms with van der Waals surface area (Å²) in [4.78, 5) is 10.9. The number of nitro groups is 1. The number of rotatable bonds is 1. The molecule has 97 valence electrons. The van der Waals surface area contributed by atoms with Crippen molar-refractivity contribution in [3.05, 3.63) is 44.8 Å². The zero-order valence-corrected chi connectivity index (χ0v) is 11.9. The van der Waals surface area contributed by atoms with Crippen LogP contribution in [0.25, 0.3) is 0 Å². The summed E-state index contributed by atoms with van der Waals surface area (Å²) >= 11 is 6.09. The molecule has 1 radical (unpaired) electrons.